The summed E-state index contributed by atoms with van der Waals surface area (Å²) in [6.07, 6.45) is 1.31. The first-order valence-electron chi connectivity index (χ1n) is 11.4. The molecule has 0 saturated carbocycles. The Labute approximate surface area is 243 Å². The van der Waals surface area contributed by atoms with Crippen molar-refractivity contribution in [3.05, 3.63) is 109 Å². The summed E-state index contributed by atoms with van der Waals surface area (Å²) >= 11 is 28.1. The molecule has 190 valence electrons. The van der Waals surface area contributed by atoms with E-state index >= 15 is 0 Å². The Hall–Kier alpha value is -1.84. The van der Waals surface area contributed by atoms with Crippen LogP contribution in [0.5, 0.6) is 0 Å². The molecule has 0 saturated heterocycles. The molecule has 1 aliphatic rings. The molecule has 2 atom stereocenters. The SMILES string of the molecule is Cc1nnc(N2N=C(c3ccc(Cl)c(Cl)c3)SC2(CCC(N)c2ccc(Cl)c(Cl)c2)c2ccccc2)s1. The third kappa shape index (κ3) is 5.50. The van der Waals surface area contributed by atoms with E-state index < -0.39 is 4.87 Å². The van der Waals surface area contributed by atoms with E-state index in [1.807, 2.05) is 54.4 Å². The number of hydrogen-bond donors (Lipinski definition) is 1. The second kappa shape index (κ2) is 11.1. The molecule has 2 N–H and O–H groups in total. The lowest BCUT2D eigenvalue weighted by Gasteiger charge is -2.36. The molecule has 11 heteroatoms. The average Bonchev–Trinajstić information content (AvgIpc) is 3.50. The van der Waals surface area contributed by atoms with E-state index in [2.05, 4.69) is 22.3 Å². The van der Waals surface area contributed by atoms with Gasteiger partial charge in [0.25, 0.3) is 0 Å². The van der Waals surface area contributed by atoms with Crippen molar-refractivity contribution in [2.24, 2.45) is 10.8 Å². The Bertz CT molecular complexity index is 1460. The summed E-state index contributed by atoms with van der Waals surface area (Å²) in [4.78, 5) is -0.623. The predicted molar refractivity (Wildman–Crippen MR) is 158 cm³/mol. The topological polar surface area (TPSA) is 67.4 Å². The van der Waals surface area contributed by atoms with Gasteiger partial charge in [0, 0.05) is 11.6 Å². The fraction of sp³-hybridized carbons (Fsp3) is 0.192. The Balaban J connectivity index is 1.57. The molecule has 4 aromatic rings. The van der Waals surface area contributed by atoms with E-state index in [-0.39, 0.29) is 6.04 Å². The molecule has 0 spiro atoms. The minimum absolute atomic E-state index is 0.261. The van der Waals surface area contributed by atoms with Gasteiger partial charge in [-0.15, -0.1) is 10.2 Å². The summed E-state index contributed by atoms with van der Waals surface area (Å²) < 4.78 is 0. The van der Waals surface area contributed by atoms with Crippen LogP contribution in [0.25, 0.3) is 0 Å². The van der Waals surface area contributed by atoms with Crippen LogP contribution in [0, 0.1) is 6.92 Å². The summed E-state index contributed by atoms with van der Waals surface area (Å²) in [5.74, 6) is 0. The Morgan fingerprint density at radius 1 is 0.892 bits per heavy atom. The number of hydrazone groups is 1. The maximum Gasteiger partial charge on any atom is 0.230 e. The van der Waals surface area contributed by atoms with E-state index in [1.165, 1.54) is 11.3 Å². The first-order valence-corrected chi connectivity index (χ1v) is 14.5. The van der Waals surface area contributed by atoms with Crippen molar-refractivity contribution in [1.82, 2.24) is 10.2 Å². The van der Waals surface area contributed by atoms with Crippen molar-refractivity contribution in [1.29, 1.82) is 0 Å². The number of aryl methyl sites for hydroxylation is 1. The number of halogens is 4. The number of rotatable bonds is 7. The molecule has 5 rings (SSSR count). The molecule has 2 heterocycles. The van der Waals surface area contributed by atoms with Crippen molar-refractivity contribution in [3.8, 4) is 0 Å². The van der Waals surface area contributed by atoms with Crippen molar-refractivity contribution < 1.29 is 0 Å². The molecule has 2 unspecified atom stereocenters. The van der Waals surface area contributed by atoms with Crippen molar-refractivity contribution in [2.75, 3.05) is 5.01 Å². The van der Waals surface area contributed by atoms with Gasteiger partial charge in [0.15, 0.2) is 0 Å². The minimum atomic E-state index is -0.623. The lowest BCUT2D eigenvalue weighted by Crippen LogP contribution is -2.38. The summed E-state index contributed by atoms with van der Waals surface area (Å²) in [5, 5.41) is 20.1. The fourth-order valence-electron chi connectivity index (χ4n) is 4.15. The van der Waals surface area contributed by atoms with Gasteiger partial charge in [-0.05, 0) is 55.2 Å². The van der Waals surface area contributed by atoms with Gasteiger partial charge in [0.05, 0.1) is 20.1 Å². The number of nitrogens with two attached hydrogens (primary N) is 1. The van der Waals surface area contributed by atoms with Crippen molar-refractivity contribution >= 4 is 79.7 Å². The number of thioether (sulfide) groups is 1. The highest BCUT2D eigenvalue weighted by Gasteiger charge is 2.47. The zero-order valence-corrected chi connectivity index (χ0v) is 24.2. The van der Waals surface area contributed by atoms with Gasteiger partial charge in [0.2, 0.25) is 5.13 Å². The summed E-state index contributed by atoms with van der Waals surface area (Å²) in [6.45, 7) is 1.93. The van der Waals surface area contributed by atoms with Gasteiger partial charge in [-0.3, -0.25) is 0 Å². The van der Waals surface area contributed by atoms with Gasteiger partial charge in [-0.1, -0.05) is 112 Å². The van der Waals surface area contributed by atoms with Gasteiger partial charge in [-0.25, -0.2) is 5.01 Å². The maximum atomic E-state index is 6.68. The normalized spacial score (nSPS) is 18.2. The quantitative estimate of drug-likeness (QED) is 0.227. The Morgan fingerprint density at radius 3 is 2.24 bits per heavy atom. The second-order valence-corrected chi connectivity index (χ2v) is 12.6. The number of hydrogen-bond acceptors (Lipinski definition) is 7. The van der Waals surface area contributed by atoms with E-state index in [1.54, 1.807) is 23.9 Å². The molecule has 0 fully saturated rings. The third-order valence-electron chi connectivity index (χ3n) is 6.05. The molecule has 37 heavy (non-hydrogen) atoms. The van der Waals surface area contributed by atoms with Crippen LogP contribution in [0.2, 0.25) is 20.1 Å². The highest BCUT2D eigenvalue weighted by molar-refractivity contribution is 8.15. The average molecular weight is 609 g/mol. The smallest absolute Gasteiger partial charge is 0.230 e. The standard InChI is InChI=1S/C26H21Cl4N5S2/c1-15-32-33-25(36-15)35-26(18-5-3-2-4-6-18,12-11-23(31)16-7-9-19(27)21(29)13-16)37-24(34-35)17-8-10-20(28)22(30)14-17/h2-10,13-14,23H,11-12,31H2,1H3. The number of aromatic nitrogens is 2. The van der Waals surface area contributed by atoms with Crippen LogP contribution in [-0.2, 0) is 4.87 Å². The lowest BCUT2D eigenvalue weighted by atomic mass is 9.95. The Morgan fingerprint density at radius 2 is 1.59 bits per heavy atom. The van der Waals surface area contributed by atoms with Gasteiger partial charge < -0.3 is 5.73 Å². The fourth-order valence-corrected chi connectivity index (χ4v) is 6.90. The molecule has 0 radical (unpaired) electrons. The zero-order valence-electron chi connectivity index (χ0n) is 19.5. The molecular weight excluding hydrogens is 588 g/mol. The van der Waals surface area contributed by atoms with Gasteiger partial charge >= 0.3 is 0 Å². The van der Waals surface area contributed by atoms with Crippen LogP contribution in [0.1, 0.15) is 40.6 Å². The van der Waals surface area contributed by atoms with E-state index in [4.69, 9.17) is 57.2 Å². The van der Waals surface area contributed by atoms with Crippen LogP contribution in [-0.4, -0.2) is 15.2 Å². The van der Waals surface area contributed by atoms with Crippen LogP contribution >= 0.6 is 69.5 Å². The third-order valence-corrected chi connectivity index (χ3v) is 9.81. The summed E-state index contributed by atoms with van der Waals surface area (Å²) in [5.41, 5.74) is 9.55. The maximum absolute atomic E-state index is 6.68. The zero-order chi connectivity index (χ0) is 26.2. The highest BCUT2D eigenvalue weighted by Crippen LogP contribution is 2.53. The monoisotopic (exact) mass is 607 g/mol. The number of nitrogens with zero attached hydrogens (tertiary/aromatic N) is 4. The number of anilines is 1. The first-order chi connectivity index (χ1) is 17.8. The van der Waals surface area contributed by atoms with Crippen molar-refractivity contribution in [2.45, 2.75) is 30.7 Å². The van der Waals surface area contributed by atoms with Crippen LogP contribution in [0.4, 0.5) is 5.13 Å². The van der Waals surface area contributed by atoms with Gasteiger partial charge in [-0.2, -0.15) is 5.10 Å². The van der Waals surface area contributed by atoms with E-state index in [0.29, 0.717) is 38.1 Å². The molecule has 5 nitrogen and oxygen atoms in total. The van der Waals surface area contributed by atoms with Crippen molar-refractivity contribution in [3.63, 3.8) is 0 Å². The molecule has 1 aromatic heterocycles. The molecule has 3 aromatic carbocycles. The molecular formula is C26H21Cl4N5S2. The van der Waals surface area contributed by atoms with E-state index in [9.17, 15) is 0 Å². The largest absolute Gasteiger partial charge is 0.324 e. The van der Waals surface area contributed by atoms with E-state index in [0.717, 1.165) is 26.7 Å². The molecule has 1 aliphatic heterocycles. The molecule has 0 bridgehead atoms. The van der Waals surface area contributed by atoms with Crippen LogP contribution in [0.3, 0.4) is 0 Å². The summed E-state index contributed by atoms with van der Waals surface area (Å²) in [6, 6.07) is 21.1. The first kappa shape index (κ1) is 26.8. The van der Waals surface area contributed by atoms with Crippen LogP contribution < -0.4 is 10.7 Å². The highest BCUT2D eigenvalue weighted by atomic mass is 35.5. The molecule has 0 aliphatic carbocycles. The van der Waals surface area contributed by atoms with Crippen LogP contribution in [0.15, 0.2) is 71.8 Å². The summed E-state index contributed by atoms with van der Waals surface area (Å²) in [7, 11) is 0. The number of benzene rings is 3. The second-order valence-electron chi connectivity index (χ2n) is 8.52. The minimum Gasteiger partial charge on any atom is -0.324 e. The Kier molecular flexibility index (Phi) is 8.03. The lowest BCUT2D eigenvalue weighted by molar-refractivity contribution is 0.485. The predicted octanol–water partition coefficient (Wildman–Crippen LogP) is 8.71. The molecule has 0 amide bonds. The van der Waals surface area contributed by atoms with Gasteiger partial charge in [0.1, 0.15) is 14.9 Å².